The van der Waals surface area contributed by atoms with Gasteiger partial charge < -0.3 is 4.74 Å². The summed E-state index contributed by atoms with van der Waals surface area (Å²) in [5.41, 5.74) is 2.16. The van der Waals surface area contributed by atoms with Gasteiger partial charge in [0.15, 0.2) is 12.4 Å². The lowest BCUT2D eigenvalue weighted by Gasteiger charge is -2.18. The molecule has 0 N–H and O–H groups in total. The molecule has 31 heavy (non-hydrogen) atoms. The number of imide groups is 1. The fourth-order valence-electron chi connectivity index (χ4n) is 3.97. The number of nitrogens with zero attached hydrogens (tertiary/aromatic N) is 1. The van der Waals surface area contributed by atoms with E-state index in [1.165, 1.54) is 17.0 Å². The van der Waals surface area contributed by atoms with Crippen LogP contribution >= 0.6 is 11.6 Å². The van der Waals surface area contributed by atoms with Crippen molar-refractivity contribution in [1.82, 2.24) is 0 Å². The van der Waals surface area contributed by atoms with Crippen LogP contribution in [-0.4, -0.2) is 30.2 Å². The van der Waals surface area contributed by atoms with Gasteiger partial charge in [0, 0.05) is 10.6 Å². The minimum Gasteiger partial charge on any atom is -0.454 e. The second-order valence-corrected chi connectivity index (χ2v) is 8.20. The maximum absolute atomic E-state index is 12.8. The van der Waals surface area contributed by atoms with Crippen molar-refractivity contribution in [3.05, 3.63) is 76.3 Å². The van der Waals surface area contributed by atoms with Crippen molar-refractivity contribution in [1.29, 1.82) is 0 Å². The summed E-state index contributed by atoms with van der Waals surface area (Å²) in [4.78, 5) is 51.2. The van der Waals surface area contributed by atoms with Gasteiger partial charge in [-0.15, -0.1) is 0 Å². The van der Waals surface area contributed by atoms with Gasteiger partial charge in [-0.25, -0.2) is 4.79 Å². The van der Waals surface area contributed by atoms with Gasteiger partial charge in [0.1, 0.15) is 0 Å². The van der Waals surface area contributed by atoms with Crippen molar-refractivity contribution < 1.29 is 23.9 Å². The number of benzene rings is 2. The first-order valence-electron chi connectivity index (χ1n) is 9.94. The highest BCUT2D eigenvalue weighted by Crippen LogP contribution is 2.39. The molecule has 0 aromatic heterocycles. The van der Waals surface area contributed by atoms with Gasteiger partial charge in [0.25, 0.3) is 0 Å². The van der Waals surface area contributed by atoms with Crippen LogP contribution in [0.2, 0.25) is 5.02 Å². The number of rotatable bonds is 5. The molecule has 6 nitrogen and oxygen atoms in total. The number of hydrogen-bond donors (Lipinski definition) is 0. The molecular formula is C24H20ClNO5. The number of anilines is 1. The number of carbonyl (C=O) groups excluding carboxylic acids is 4. The van der Waals surface area contributed by atoms with Gasteiger partial charge in [-0.2, -0.15) is 0 Å². The Labute approximate surface area is 184 Å². The maximum Gasteiger partial charge on any atom is 0.338 e. The Bertz CT molecular complexity index is 1090. The first kappa shape index (κ1) is 21.0. The fourth-order valence-corrected chi connectivity index (χ4v) is 4.10. The van der Waals surface area contributed by atoms with Crippen molar-refractivity contribution in [2.45, 2.75) is 19.8 Å². The Morgan fingerprint density at radius 1 is 0.968 bits per heavy atom. The molecule has 1 saturated heterocycles. The topological polar surface area (TPSA) is 80.8 Å². The van der Waals surface area contributed by atoms with E-state index >= 15 is 0 Å². The van der Waals surface area contributed by atoms with Crippen molar-refractivity contribution in [3.63, 3.8) is 0 Å². The van der Waals surface area contributed by atoms with E-state index in [1.54, 1.807) is 36.4 Å². The molecule has 2 amide bonds. The second-order valence-electron chi connectivity index (χ2n) is 7.77. The fraction of sp³-hybridized carbons (Fsp3) is 0.250. The molecule has 1 heterocycles. The number of Topliss-reactive ketones (excluding diaryl/α,β-unsaturated/α-hetero) is 1. The molecule has 0 radical (unpaired) electrons. The van der Waals surface area contributed by atoms with Crippen molar-refractivity contribution in [3.8, 4) is 0 Å². The molecule has 4 rings (SSSR count). The molecule has 2 aromatic carbocycles. The van der Waals surface area contributed by atoms with Crippen LogP contribution in [0.15, 0.2) is 60.2 Å². The molecular weight excluding hydrogens is 418 g/mol. The van der Waals surface area contributed by atoms with Crippen LogP contribution in [0.3, 0.4) is 0 Å². The summed E-state index contributed by atoms with van der Waals surface area (Å²) in [6, 6.07) is 12.4. The van der Waals surface area contributed by atoms with Crippen LogP contribution < -0.4 is 4.90 Å². The molecule has 2 aliphatic rings. The predicted octanol–water partition coefficient (Wildman–Crippen LogP) is 4.23. The Morgan fingerprint density at radius 2 is 1.58 bits per heavy atom. The third-order valence-corrected chi connectivity index (χ3v) is 5.94. The quantitative estimate of drug-likeness (QED) is 0.303. The third-order valence-electron chi connectivity index (χ3n) is 5.68. The predicted molar refractivity (Wildman–Crippen MR) is 115 cm³/mol. The zero-order chi connectivity index (χ0) is 22.1. The number of ketones is 1. The van der Waals surface area contributed by atoms with Crippen LogP contribution in [0, 0.1) is 11.8 Å². The van der Waals surface area contributed by atoms with Crippen molar-refractivity contribution in [2.75, 3.05) is 11.5 Å². The monoisotopic (exact) mass is 437 g/mol. The largest absolute Gasteiger partial charge is 0.454 e. The lowest BCUT2D eigenvalue weighted by molar-refractivity contribution is -0.122. The van der Waals surface area contributed by atoms with E-state index in [2.05, 4.69) is 0 Å². The summed E-state index contributed by atoms with van der Waals surface area (Å²) in [5.74, 6) is -2.06. The van der Waals surface area contributed by atoms with Crippen LogP contribution in [-0.2, 0) is 14.3 Å². The summed E-state index contributed by atoms with van der Waals surface area (Å²) in [6.45, 7) is 1.57. The minimum absolute atomic E-state index is 0.202. The van der Waals surface area contributed by atoms with E-state index in [9.17, 15) is 19.2 Å². The number of allylic oxidation sites excluding steroid dienone is 2. The number of hydrogen-bond acceptors (Lipinski definition) is 5. The first-order chi connectivity index (χ1) is 14.8. The Morgan fingerprint density at radius 3 is 2.26 bits per heavy atom. The number of halogens is 1. The number of esters is 1. The van der Waals surface area contributed by atoms with Crippen molar-refractivity contribution in [2.24, 2.45) is 11.8 Å². The van der Waals surface area contributed by atoms with Gasteiger partial charge >= 0.3 is 5.97 Å². The lowest BCUT2D eigenvalue weighted by Crippen LogP contribution is -2.30. The number of amides is 2. The number of carbonyl (C=O) groups is 4. The SMILES string of the molecule is CC1=CC[C@@H]2C(=O)N(c3ccc(C(=O)OCC(=O)c4ccc(Cl)cc4)cc3)C(=O)[C@@H]2C1. The Balaban J connectivity index is 1.40. The van der Waals surface area contributed by atoms with Gasteiger partial charge in [0.2, 0.25) is 11.8 Å². The zero-order valence-corrected chi connectivity index (χ0v) is 17.6. The minimum atomic E-state index is -0.665. The highest BCUT2D eigenvalue weighted by atomic mass is 35.5. The Hall–Kier alpha value is -3.25. The third kappa shape index (κ3) is 4.16. The molecule has 1 aliphatic carbocycles. The maximum atomic E-state index is 12.8. The summed E-state index contributed by atoms with van der Waals surface area (Å²) in [7, 11) is 0. The van der Waals surface area contributed by atoms with Gasteiger partial charge in [0.05, 0.1) is 23.1 Å². The Kier molecular flexibility index (Phi) is 5.74. The molecule has 7 heteroatoms. The summed E-state index contributed by atoms with van der Waals surface area (Å²) in [5, 5.41) is 0.509. The van der Waals surface area contributed by atoms with E-state index in [0.29, 0.717) is 29.1 Å². The molecule has 0 unspecified atom stereocenters. The van der Waals surface area contributed by atoms with Gasteiger partial charge in [-0.3, -0.25) is 19.3 Å². The summed E-state index contributed by atoms with van der Waals surface area (Å²) >= 11 is 5.80. The average Bonchev–Trinajstić information content (AvgIpc) is 3.02. The molecule has 0 saturated carbocycles. The first-order valence-corrected chi connectivity index (χ1v) is 10.3. The smallest absolute Gasteiger partial charge is 0.338 e. The molecule has 1 aliphatic heterocycles. The molecule has 158 valence electrons. The standard InChI is InChI=1S/C24H20ClNO5/c1-14-2-11-19-20(12-14)23(29)26(22(19)28)18-9-5-16(6-10-18)24(30)31-13-21(27)15-3-7-17(25)8-4-15/h2-10,19-20H,11-13H2,1H3/t19-,20+/m0/s1. The summed E-state index contributed by atoms with van der Waals surface area (Å²) in [6.07, 6.45) is 3.18. The second kappa shape index (κ2) is 8.47. The van der Waals surface area contributed by atoms with E-state index in [0.717, 1.165) is 5.57 Å². The van der Waals surface area contributed by atoms with Crippen LogP contribution in [0.4, 0.5) is 5.69 Å². The highest BCUT2D eigenvalue weighted by Gasteiger charge is 2.48. The number of fused-ring (bicyclic) bond motifs is 1. The molecule has 1 fully saturated rings. The molecule has 0 spiro atoms. The van der Waals surface area contributed by atoms with E-state index in [1.807, 2.05) is 13.0 Å². The van der Waals surface area contributed by atoms with E-state index in [4.69, 9.17) is 16.3 Å². The van der Waals surface area contributed by atoms with E-state index < -0.39 is 12.6 Å². The van der Waals surface area contributed by atoms with Crippen LogP contribution in [0.5, 0.6) is 0 Å². The van der Waals surface area contributed by atoms with E-state index in [-0.39, 0.29) is 35.0 Å². The average molecular weight is 438 g/mol. The molecule has 2 atom stereocenters. The zero-order valence-electron chi connectivity index (χ0n) is 16.8. The van der Waals surface area contributed by atoms with Crippen molar-refractivity contribution >= 4 is 40.9 Å². The van der Waals surface area contributed by atoms with Crippen LogP contribution in [0.25, 0.3) is 0 Å². The molecule has 0 bridgehead atoms. The van der Waals surface area contributed by atoms with Crippen LogP contribution in [0.1, 0.15) is 40.5 Å². The normalized spacial score (nSPS) is 20.3. The highest BCUT2D eigenvalue weighted by molar-refractivity contribution is 6.30. The molecule has 2 aromatic rings. The lowest BCUT2D eigenvalue weighted by atomic mass is 9.82. The van der Waals surface area contributed by atoms with Gasteiger partial charge in [-0.1, -0.05) is 23.3 Å². The number of ether oxygens (including phenoxy) is 1. The summed E-state index contributed by atoms with van der Waals surface area (Å²) < 4.78 is 5.10. The van der Waals surface area contributed by atoms with Gasteiger partial charge in [-0.05, 0) is 68.3 Å².